The van der Waals surface area contributed by atoms with E-state index in [2.05, 4.69) is 22.9 Å². The van der Waals surface area contributed by atoms with Crippen molar-refractivity contribution < 1.29 is 4.74 Å². The normalized spacial score (nSPS) is 10.4. The van der Waals surface area contributed by atoms with Crippen molar-refractivity contribution in [3.05, 3.63) is 72.6 Å². The van der Waals surface area contributed by atoms with E-state index in [1.807, 2.05) is 54.4 Å². The van der Waals surface area contributed by atoms with Crippen molar-refractivity contribution >= 4 is 11.8 Å². The molecule has 0 aliphatic rings. The van der Waals surface area contributed by atoms with Gasteiger partial charge < -0.3 is 10.1 Å². The van der Waals surface area contributed by atoms with Crippen molar-refractivity contribution in [2.24, 2.45) is 0 Å². The van der Waals surface area contributed by atoms with Crippen LogP contribution in [0.4, 0.5) is 0 Å². The number of hydrogen-bond acceptors (Lipinski definition) is 4. The van der Waals surface area contributed by atoms with Crippen LogP contribution in [0.5, 0.6) is 5.75 Å². The third-order valence-electron chi connectivity index (χ3n) is 3.06. The Balaban J connectivity index is 1.80. The fourth-order valence-electron chi connectivity index (χ4n) is 1.97. The van der Waals surface area contributed by atoms with Crippen LogP contribution in [0.25, 0.3) is 0 Å². The lowest BCUT2D eigenvalue weighted by Crippen LogP contribution is -2.17. The zero-order valence-corrected chi connectivity index (χ0v) is 13.5. The number of hydrogen-bond donors (Lipinski definition) is 1. The first-order valence-electron chi connectivity index (χ1n) is 7.39. The first kappa shape index (κ1) is 16.6. The minimum Gasteiger partial charge on any atom is -0.489 e. The minimum absolute atomic E-state index is 0.542. The van der Waals surface area contributed by atoms with Crippen molar-refractivity contribution in [2.45, 2.75) is 13.2 Å². The molecule has 4 heteroatoms. The van der Waals surface area contributed by atoms with Crippen molar-refractivity contribution in [2.75, 3.05) is 18.1 Å². The molecule has 0 unspecified atom stereocenters. The Bertz CT molecular complexity index is 560. The number of ether oxygens (including phenoxy) is 1. The first-order valence-corrected chi connectivity index (χ1v) is 8.54. The molecule has 0 aliphatic carbocycles. The molecule has 22 heavy (non-hydrogen) atoms. The van der Waals surface area contributed by atoms with Gasteiger partial charge in [0.2, 0.25) is 0 Å². The predicted octanol–water partition coefficient (Wildman–Crippen LogP) is 3.67. The van der Waals surface area contributed by atoms with E-state index in [4.69, 9.17) is 4.74 Å². The highest BCUT2D eigenvalue weighted by atomic mass is 32.2. The number of rotatable bonds is 10. The lowest BCUT2D eigenvalue weighted by atomic mass is 10.2. The molecule has 0 bridgehead atoms. The van der Waals surface area contributed by atoms with Crippen molar-refractivity contribution in [1.82, 2.24) is 10.3 Å². The standard InChI is InChI=1S/C18H22N2OS/c1-2-11-22-12-10-20-14-17-7-3-4-8-18(17)21-15-16-6-5-9-19-13-16/h2-9,13,20H,1,10-12,14-15H2. The zero-order chi connectivity index (χ0) is 15.5. The lowest BCUT2D eigenvalue weighted by Gasteiger charge is -2.12. The van der Waals surface area contributed by atoms with Gasteiger partial charge in [-0.25, -0.2) is 0 Å². The van der Waals surface area contributed by atoms with Crippen LogP contribution in [0.1, 0.15) is 11.1 Å². The predicted molar refractivity (Wildman–Crippen MR) is 94.2 cm³/mol. The number of thioether (sulfide) groups is 1. The average Bonchev–Trinajstić information content (AvgIpc) is 2.58. The second-order valence-corrected chi connectivity index (χ2v) is 5.95. The van der Waals surface area contributed by atoms with Gasteiger partial charge in [0, 0.05) is 48.1 Å². The third kappa shape index (κ3) is 5.92. The molecule has 0 atom stereocenters. The summed E-state index contributed by atoms with van der Waals surface area (Å²) in [6.07, 6.45) is 5.54. The zero-order valence-electron chi connectivity index (χ0n) is 12.7. The monoisotopic (exact) mass is 314 g/mol. The molecule has 3 nitrogen and oxygen atoms in total. The van der Waals surface area contributed by atoms with Gasteiger partial charge in [0.05, 0.1) is 0 Å². The number of aromatic nitrogens is 1. The molecular formula is C18H22N2OS. The number of nitrogens with zero attached hydrogens (tertiary/aromatic N) is 1. The number of nitrogens with one attached hydrogen (secondary N) is 1. The van der Waals surface area contributed by atoms with Gasteiger partial charge in [-0.05, 0) is 12.1 Å². The molecule has 1 N–H and O–H groups in total. The molecule has 116 valence electrons. The summed E-state index contributed by atoms with van der Waals surface area (Å²) in [6.45, 7) is 6.06. The highest BCUT2D eigenvalue weighted by Crippen LogP contribution is 2.19. The molecule has 1 heterocycles. The minimum atomic E-state index is 0.542. The maximum absolute atomic E-state index is 5.92. The van der Waals surface area contributed by atoms with E-state index in [-0.39, 0.29) is 0 Å². The van der Waals surface area contributed by atoms with Crippen molar-refractivity contribution in [3.63, 3.8) is 0 Å². The molecule has 1 aromatic carbocycles. The van der Waals surface area contributed by atoms with Gasteiger partial charge in [0.15, 0.2) is 0 Å². The van der Waals surface area contributed by atoms with Crippen LogP contribution in [0.2, 0.25) is 0 Å². The van der Waals surface area contributed by atoms with Gasteiger partial charge >= 0.3 is 0 Å². The fraction of sp³-hybridized carbons (Fsp3) is 0.278. The first-order chi connectivity index (χ1) is 10.9. The van der Waals surface area contributed by atoms with Crippen molar-refractivity contribution in [1.29, 1.82) is 0 Å². The Labute approximate surface area is 136 Å². The van der Waals surface area contributed by atoms with E-state index in [0.717, 1.165) is 35.9 Å². The summed E-state index contributed by atoms with van der Waals surface area (Å²) in [6, 6.07) is 12.1. The lowest BCUT2D eigenvalue weighted by molar-refractivity contribution is 0.302. The SMILES string of the molecule is C=CCSCCNCc1ccccc1OCc1cccnc1. The van der Waals surface area contributed by atoms with Gasteiger partial charge in [-0.3, -0.25) is 4.98 Å². The molecule has 0 aliphatic heterocycles. The summed E-state index contributed by atoms with van der Waals surface area (Å²) in [5.41, 5.74) is 2.26. The number of pyridine rings is 1. The molecule has 2 aromatic rings. The van der Waals surface area contributed by atoms with E-state index in [1.54, 1.807) is 6.20 Å². The van der Waals surface area contributed by atoms with Gasteiger partial charge in [0.1, 0.15) is 12.4 Å². The Morgan fingerprint density at radius 1 is 1.23 bits per heavy atom. The average molecular weight is 314 g/mol. The van der Waals surface area contributed by atoms with E-state index >= 15 is 0 Å². The Morgan fingerprint density at radius 3 is 2.95 bits per heavy atom. The Morgan fingerprint density at radius 2 is 2.14 bits per heavy atom. The second kappa shape index (κ2) is 10.0. The topological polar surface area (TPSA) is 34.1 Å². The third-order valence-corrected chi connectivity index (χ3v) is 4.03. The molecule has 1 aromatic heterocycles. The maximum atomic E-state index is 5.92. The van der Waals surface area contributed by atoms with Crippen LogP contribution in [-0.2, 0) is 13.2 Å². The summed E-state index contributed by atoms with van der Waals surface area (Å²) in [7, 11) is 0. The Kier molecular flexibility index (Phi) is 7.56. The van der Waals surface area contributed by atoms with E-state index in [0.29, 0.717) is 6.61 Å². The molecule has 0 radical (unpaired) electrons. The summed E-state index contributed by atoms with van der Waals surface area (Å²) in [5.74, 6) is 3.02. The maximum Gasteiger partial charge on any atom is 0.124 e. The van der Waals surface area contributed by atoms with Crippen LogP contribution in [0, 0.1) is 0 Å². The molecule has 0 saturated heterocycles. The van der Waals surface area contributed by atoms with Crippen LogP contribution >= 0.6 is 11.8 Å². The Hall–Kier alpha value is -1.78. The highest BCUT2D eigenvalue weighted by molar-refractivity contribution is 7.99. The summed E-state index contributed by atoms with van der Waals surface area (Å²) in [4.78, 5) is 4.10. The smallest absolute Gasteiger partial charge is 0.124 e. The van der Waals surface area contributed by atoms with Crippen LogP contribution in [0.3, 0.4) is 0 Å². The fourth-order valence-corrected chi connectivity index (χ4v) is 2.59. The summed E-state index contributed by atoms with van der Waals surface area (Å²) in [5, 5.41) is 3.45. The summed E-state index contributed by atoms with van der Waals surface area (Å²) >= 11 is 1.88. The van der Waals surface area contributed by atoms with Crippen LogP contribution < -0.4 is 10.1 Å². The van der Waals surface area contributed by atoms with Gasteiger partial charge in [-0.15, -0.1) is 6.58 Å². The van der Waals surface area contributed by atoms with Gasteiger partial charge in [-0.2, -0.15) is 11.8 Å². The second-order valence-electron chi connectivity index (χ2n) is 4.80. The highest BCUT2D eigenvalue weighted by Gasteiger charge is 2.03. The molecule has 0 fully saturated rings. The number of para-hydroxylation sites is 1. The quantitative estimate of drug-likeness (QED) is 0.536. The summed E-state index contributed by atoms with van der Waals surface area (Å²) < 4.78 is 5.92. The molecule has 0 amide bonds. The molecule has 0 spiro atoms. The van der Waals surface area contributed by atoms with Crippen LogP contribution in [0.15, 0.2) is 61.4 Å². The molecular weight excluding hydrogens is 292 g/mol. The van der Waals surface area contributed by atoms with Crippen LogP contribution in [-0.4, -0.2) is 23.0 Å². The van der Waals surface area contributed by atoms with E-state index < -0.39 is 0 Å². The molecule has 2 rings (SSSR count). The van der Waals surface area contributed by atoms with E-state index in [9.17, 15) is 0 Å². The van der Waals surface area contributed by atoms with E-state index in [1.165, 1.54) is 5.56 Å². The van der Waals surface area contributed by atoms with Gasteiger partial charge in [0.25, 0.3) is 0 Å². The number of benzene rings is 1. The largest absolute Gasteiger partial charge is 0.489 e. The van der Waals surface area contributed by atoms with Gasteiger partial charge in [-0.1, -0.05) is 30.3 Å². The van der Waals surface area contributed by atoms with Crippen molar-refractivity contribution in [3.8, 4) is 5.75 Å². The molecule has 0 saturated carbocycles.